The Labute approximate surface area is 162 Å². The number of halogens is 1. The van der Waals surface area contributed by atoms with Gasteiger partial charge >= 0.3 is 0 Å². The van der Waals surface area contributed by atoms with E-state index in [0.717, 1.165) is 6.29 Å². The molecule has 0 aliphatic heterocycles. The van der Waals surface area contributed by atoms with E-state index >= 15 is 0 Å². The molecular weight excluding hydrogens is 361 g/mol. The summed E-state index contributed by atoms with van der Waals surface area (Å²) in [6.07, 6.45) is 4.13. The monoisotopic (exact) mass is 381 g/mol. The van der Waals surface area contributed by atoms with Gasteiger partial charge in [-0.15, -0.1) is 0 Å². The third-order valence-electron chi connectivity index (χ3n) is 4.43. The summed E-state index contributed by atoms with van der Waals surface area (Å²) in [7, 11) is 0. The number of carbonyl (C=O) groups excluding carboxylic acids is 2. The molecule has 1 aliphatic rings. The van der Waals surface area contributed by atoms with Crippen LogP contribution in [0.1, 0.15) is 13.3 Å². The minimum Gasteiger partial charge on any atom is -0.508 e. The lowest BCUT2D eigenvalue weighted by Gasteiger charge is -2.27. The van der Waals surface area contributed by atoms with Gasteiger partial charge in [-0.1, -0.05) is 24.3 Å². The number of hydrogen-bond donors (Lipinski definition) is 1. The second-order valence-electron chi connectivity index (χ2n) is 6.48. The summed E-state index contributed by atoms with van der Waals surface area (Å²) in [6.45, 7) is 1.37. The Kier molecular flexibility index (Phi) is 5.89. The Balaban J connectivity index is 1.96. The van der Waals surface area contributed by atoms with Gasteiger partial charge < -0.3 is 19.5 Å². The molecule has 6 heteroatoms. The van der Waals surface area contributed by atoms with E-state index in [1.54, 1.807) is 30.3 Å². The van der Waals surface area contributed by atoms with E-state index in [4.69, 9.17) is 4.74 Å². The minimum absolute atomic E-state index is 0.00582. The van der Waals surface area contributed by atoms with E-state index < -0.39 is 5.82 Å². The lowest BCUT2D eigenvalue weighted by molar-refractivity contribution is -0.116. The lowest BCUT2D eigenvalue weighted by Crippen LogP contribution is -2.32. The number of amides is 1. The summed E-state index contributed by atoms with van der Waals surface area (Å²) in [5, 5.41) is 10.2. The van der Waals surface area contributed by atoms with Crippen LogP contribution in [0.2, 0.25) is 0 Å². The standard InChI is InChI=1S/C22H20FNO4/c1-15(26)24(13-17-11-16(14-25)7-9-21(17)27)20-12-18(23)8-10-22(20)28-19-5-3-2-4-6-19/h2-10,12,14,16,27H,11,13H2,1H3. The highest BCUT2D eigenvalue weighted by atomic mass is 19.1. The molecule has 28 heavy (non-hydrogen) atoms. The molecule has 1 atom stereocenters. The van der Waals surface area contributed by atoms with Gasteiger partial charge in [0.1, 0.15) is 23.6 Å². The van der Waals surface area contributed by atoms with E-state index in [1.165, 1.54) is 36.1 Å². The lowest BCUT2D eigenvalue weighted by atomic mass is 9.94. The fourth-order valence-corrected chi connectivity index (χ4v) is 2.99. The van der Waals surface area contributed by atoms with Gasteiger partial charge in [0.15, 0.2) is 5.75 Å². The first-order valence-electron chi connectivity index (χ1n) is 8.83. The second kappa shape index (κ2) is 8.52. The van der Waals surface area contributed by atoms with Gasteiger partial charge in [-0.25, -0.2) is 4.39 Å². The van der Waals surface area contributed by atoms with Crippen LogP contribution in [-0.4, -0.2) is 23.8 Å². The van der Waals surface area contributed by atoms with Gasteiger partial charge in [0.05, 0.1) is 12.2 Å². The molecule has 1 aliphatic carbocycles. The predicted octanol–water partition coefficient (Wildman–Crippen LogP) is 4.56. The minimum atomic E-state index is -0.519. The molecule has 0 saturated carbocycles. The summed E-state index contributed by atoms with van der Waals surface area (Å²) in [5.41, 5.74) is 0.763. The molecule has 3 rings (SSSR count). The molecule has 0 saturated heterocycles. The normalized spacial score (nSPS) is 16.0. The van der Waals surface area contributed by atoms with Crippen LogP contribution in [-0.2, 0) is 9.59 Å². The Morgan fingerprint density at radius 3 is 2.71 bits per heavy atom. The summed E-state index contributed by atoms with van der Waals surface area (Å²) in [4.78, 5) is 24.8. The fourth-order valence-electron chi connectivity index (χ4n) is 2.99. The fraction of sp³-hybridized carbons (Fsp3) is 0.182. The molecule has 1 unspecified atom stereocenters. The number of anilines is 1. The average molecular weight is 381 g/mol. The van der Waals surface area contributed by atoms with Crippen LogP contribution in [0.4, 0.5) is 10.1 Å². The highest BCUT2D eigenvalue weighted by Crippen LogP contribution is 2.35. The molecule has 144 valence electrons. The summed E-state index contributed by atoms with van der Waals surface area (Å²) >= 11 is 0. The molecule has 0 fully saturated rings. The zero-order valence-electron chi connectivity index (χ0n) is 15.3. The Morgan fingerprint density at radius 2 is 2.04 bits per heavy atom. The molecular formula is C22H20FNO4. The van der Waals surface area contributed by atoms with Crippen LogP contribution < -0.4 is 9.64 Å². The van der Waals surface area contributed by atoms with Crippen molar-refractivity contribution in [2.45, 2.75) is 13.3 Å². The first kappa shape index (κ1) is 19.4. The number of para-hydroxylation sites is 1. The van der Waals surface area contributed by atoms with Crippen molar-refractivity contribution in [3.05, 3.63) is 77.8 Å². The first-order chi connectivity index (χ1) is 13.5. The SMILES string of the molecule is CC(=O)N(CC1=C(O)C=CC(C=O)C1)c1cc(F)ccc1Oc1ccccc1. The van der Waals surface area contributed by atoms with Crippen molar-refractivity contribution in [2.24, 2.45) is 5.92 Å². The van der Waals surface area contributed by atoms with Crippen molar-refractivity contribution in [1.29, 1.82) is 0 Å². The number of carbonyl (C=O) groups is 2. The van der Waals surface area contributed by atoms with Crippen LogP contribution in [0.25, 0.3) is 0 Å². The topological polar surface area (TPSA) is 66.8 Å². The molecule has 0 heterocycles. The molecule has 0 radical (unpaired) electrons. The third-order valence-corrected chi connectivity index (χ3v) is 4.43. The Morgan fingerprint density at radius 1 is 1.29 bits per heavy atom. The molecule has 1 amide bonds. The number of aliphatic hydroxyl groups excluding tert-OH is 1. The van der Waals surface area contributed by atoms with Crippen LogP contribution in [0.5, 0.6) is 11.5 Å². The number of aldehydes is 1. The number of benzene rings is 2. The van der Waals surface area contributed by atoms with Gasteiger partial charge in [-0.05, 0) is 42.3 Å². The van der Waals surface area contributed by atoms with E-state index in [1.807, 2.05) is 6.07 Å². The maximum absolute atomic E-state index is 14.0. The van der Waals surface area contributed by atoms with Crippen molar-refractivity contribution < 1.29 is 23.8 Å². The van der Waals surface area contributed by atoms with Gasteiger partial charge in [0, 0.05) is 18.9 Å². The summed E-state index contributed by atoms with van der Waals surface area (Å²) in [6, 6.07) is 12.9. The maximum atomic E-state index is 14.0. The molecule has 0 spiro atoms. The smallest absolute Gasteiger partial charge is 0.224 e. The number of allylic oxidation sites excluding steroid dienone is 2. The van der Waals surface area contributed by atoms with Gasteiger partial charge in [0.25, 0.3) is 0 Å². The van der Waals surface area contributed by atoms with E-state index in [9.17, 15) is 19.1 Å². The van der Waals surface area contributed by atoms with Crippen molar-refractivity contribution in [1.82, 2.24) is 0 Å². The van der Waals surface area contributed by atoms with Crippen molar-refractivity contribution in [2.75, 3.05) is 11.4 Å². The van der Waals surface area contributed by atoms with Crippen molar-refractivity contribution in [3.63, 3.8) is 0 Å². The molecule has 2 aromatic carbocycles. The molecule has 1 N–H and O–H groups in total. The molecule has 0 bridgehead atoms. The van der Waals surface area contributed by atoms with Crippen molar-refractivity contribution in [3.8, 4) is 11.5 Å². The highest BCUT2D eigenvalue weighted by Gasteiger charge is 2.23. The Hall–Kier alpha value is -3.41. The van der Waals surface area contributed by atoms with E-state index in [2.05, 4.69) is 0 Å². The van der Waals surface area contributed by atoms with Gasteiger partial charge in [-0.2, -0.15) is 0 Å². The largest absolute Gasteiger partial charge is 0.508 e. The molecule has 2 aromatic rings. The number of ether oxygens (including phenoxy) is 1. The molecule has 5 nitrogen and oxygen atoms in total. The third kappa shape index (κ3) is 4.46. The Bertz CT molecular complexity index is 937. The predicted molar refractivity (Wildman–Crippen MR) is 104 cm³/mol. The van der Waals surface area contributed by atoms with Crippen LogP contribution in [0.15, 0.2) is 72.0 Å². The summed E-state index contributed by atoms with van der Waals surface area (Å²) < 4.78 is 19.8. The average Bonchev–Trinajstić information content (AvgIpc) is 2.69. The highest BCUT2D eigenvalue weighted by molar-refractivity contribution is 5.93. The van der Waals surface area contributed by atoms with E-state index in [0.29, 0.717) is 23.5 Å². The number of hydrogen-bond acceptors (Lipinski definition) is 4. The van der Waals surface area contributed by atoms with Gasteiger partial charge in [0.2, 0.25) is 5.91 Å². The first-order valence-corrected chi connectivity index (χ1v) is 8.83. The van der Waals surface area contributed by atoms with Crippen LogP contribution >= 0.6 is 0 Å². The number of nitrogens with zero attached hydrogens (tertiary/aromatic N) is 1. The maximum Gasteiger partial charge on any atom is 0.224 e. The zero-order chi connectivity index (χ0) is 20.1. The zero-order valence-corrected chi connectivity index (χ0v) is 15.3. The van der Waals surface area contributed by atoms with Crippen LogP contribution in [0.3, 0.4) is 0 Å². The number of rotatable bonds is 6. The number of aliphatic hydroxyl groups is 1. The van der Waals surface area contributed by atoms with Gasteiger partial charge in [-0.3, -0.25) is 4.79 Å². The molecule has 0 aromatic heterocycles. The van der Waals surface area contributed by atoms with E-state index in [-0.39, 0.29) is 29.8 Å². The second-order valence-corrected chi connectivity index (χ2v) is 6.48. The quantitative estimate of drug-likeness (QED) is 0.745. The van der Waals surface area contributed by atoms with Crippen molar-refractivity contribution >= 4 is 17.9 Å². The van der Waals surface area contributed by atoms with Crippen LogP contribution in [0, 0.1) is 11.7 Å². The summed E-state index contributed by atoms with van der Waals surface area (Å²) in [5.74, 6) is -0.377.